The molecule has 5 aromatic heterocycles. The van der Waals surface area contributed by atoms with Gasteiger partial charge >= 0.3 is 0 Å². The zero-order valence-corrected chi connectivity index (χ0v) is 66.3. The predicted molar refractivity (Wildman–Crippen MR) is 436 cm³/mol. The Morgan fingerprint density at radius 3 is 1.30 bits per heavy atom. The third kappa shape index (κ3) is 18.0. The molecule has 536 valence electrons. The summed E-state index contributed by atoms with van der Waals surface area (Å²) in [5.41, 5.74) is 19.3. The molecule has 4 aliphatic rings. The molecule has 24 heteroatoms. The number of nitrogens with zero attached hydrogens (tertiary/aromatic N) is 8. The monoisotopic (exact) mass is 1680 g/mol. The van der Waals surface area contributed by atoms with Crippen LogP contribution in [0, 0.1) is 0 Å². The first-order valence-electron chi connectivity index (χ1n) is 34.6. The molecule has 3 N–H and O–H groups in total. The number of aromatic nitrogens is 7. The Balaban J connectivity index is 0.000000140. The second kappa shape index (κ2) is 34.5. The zero-order chi connectivity index (χ0) is 73.4. The van der Waals surface area contributed by atoms with Gasteiger partial charge in [-0.3, -0.25) is 24.8 Å². The summed E-state index contributed by atoms with van der Waals surface area (Å²) in [5, 5.41) is 25.7. The first kappa shape index (κ1) is 75.6. The van der Waals surface area contributed by atoms with Gasteiger partial charge in [-0.15, -0.1) is 11.3 Å². The van der Waals surface area contributed by atoms with Crippen LogP contribution in [0.2, 0.25) is 34.5 Å². The molecule has 6 aromatic carbocycles. The van der Waals surface area contributed by atoms with Crippen molar-refractivity contribution < 1.29 is 14.4 Å². The Morgan fingerprint density at radius 2 is 0.886 bits per heavy atom. The highest BCUT2D eigenvalue weighted by molar-refractivity contribution is 9.10. The fourth-order valence-corrected chi connectivity index (χ4v) is 16.6. The van der Waals surface area contributed by atoms with Crippen molar-refractivity contribution in [3.63, 3.8) is 0 Å². The zero-order valence-electron chi connectivity index (χ0n) is 57.1. The van der Waals surface area contributed by atoms with E-state index >= 15 is 0 Å². The Hall–Kier alpha value is -7.62. The largest absolute Gasteiger partial charge is 0.344 e. The van der Waals surface area contributed by atoms with E-state index in [1.54, 1.807) is 52.0 Å². The summed E-state index contributed by atoms with van der Waals surface area (Å²) in [4.78, 5) is 45.8. The second-order valence-corrected chi connectivity index (χ2v) is 32.0. The third-order valence-corrected chi connectivity index (χ3v) is 22.5. The van der Waals surface area contributed by atoms with E-state index in [0.29, 0.717) is 64.3 Å². The standard InChI is InChI=1S/C28H23BrCl2N4O.C27H22Cl3N3OS.C26H25BrCl2N4O/c1-17(24-7-2-3-14-32-24)33-28(36)26-22-6-4-5-19(15-18-8-10-20(29)11-9-18)27(22)35(34-26)25-13-12-21(30)16-23(25)31;1-16(17-6-3-2-4-7-17)31-27(34)25-21-9-5-8-18(14-20-11-13-24(30)35-20)26(21)33(32-25)23-12-10-19(28)15-22(23)29;27-19-9-7-17(8-10-19)15-18-5-4-6-21-24(26(34)31-32-13-2-1-3-14-32)30-33(25(18)21)23-12-11-20(28)16-22(23)29/h2-3,7-17H,4-6H2,1H3,(H,33,36);2-4,6-7,10-16H,5,8-9H2,1H3,(H,31,34);7-12,15-16H,1-6,13-14H2,(H,31,34)/b19-15+;18-14+;18-15+/t17-;16-;/m11./s1. The highest BCUT2D eigenvalue weighted by atomic mass is 79.9. The van der Waals surface area contributed by atoms with Crippen molar-refractivity contribution >= 4 is 177 Å². The minimum atomic E-state index is -0.264. The summed E-state index contributed by atoms with van der Waals surface area (Å²) in [6.07, 6.45) is 19.3. The molecule has 0 saturated carbocycles. The summed E-state index contributed by atoms with van der Waals surface area (Å²) >= 11 is 53.0. The SMILES string of the molecule is C[C@@H](NC(=O)c1nn(-c2ccc(Cl)cc2Cl)c2c1CCC/C2=C\c1ccc(Br)cc1)c1ccccn1.C[C@@H](NC(=O)c1nn(-c2ccc(Cl)cc2Cl)c2c1CCC/C2=C\c1ccc(Cl)s1)c1ccccc1.O=C(NN1CCCCC1)c1nn(-c2ccc(Cl)cc2Cl)c2c1CCC/C2=C\c1ccc(Br)cc1. The molecule has 15 rings (SSSR count). The van der Waals surface area contributed by atoms with Gasteiger partial charge in [-0.05, 0) is 239 Å². The van der Waals surface area contributed by atoms with Gasteiger partial charge in [-0.25, -0.2) is 19.1 Å². The van der Waals surface area contributed by atoms with E-state index < -0.39 is 0 Å². The lowest BCUT2D eigenvalue weighted by Crippen LogP contribution is -2.45. The number of hydrogen-bond acceptors (Lipinski definition) is 9. The molecule has 3 aliphatic carbocycles. The normalized spacial score (nSPS) is 15.9. The van der Waals surface area contributed by atoms with Crippen LogP contribution in [0.5, 0.6) is 0 Å². The molecule has 0 spiro atoms. The highest BCUT2D eigenvalue weighted by Gasteiger charge is 2.34. The molecule has 0 unspecified atom stereocenters. The maximum absolute atomic E-state index is 13.5. The average molecular weight is 1690 g/mol. The van der Waals surface area contributed by atoms with E-state index in [9.17, 15) is 14.4 Å². The molecule has 6 heterocycles. The van der Waals surface area contributed by atoms with Crippen LogP contribution < -0.4 is 16.1 Å². The van der Waals surface area contributed by atoms with Gasteiger partial charge in [0.1, 0.15) is 0 Å². The number of nitrogens with one attached hydrogen (secondary N) is 3. The Labute approximate surface area is 665 Å². The van der Waals surface area contributed by atoms with E-state index in [1.807, 2.05) is 127 Å². The number of pyridine rings is 1. The van der Waals surface area contributed by atoms with Crippen LogP contribution in [0.4, 0.5) is 0 Å². The molecule has 11 aromatic rings. The maximum Gasteiger partial charge on any atom is 0.286 e. The van der Waals surface area contributed by atoms with Gasteiger partial charge in [0.25, 0.3) is 17.7 Å². The minimum absolute atomic E-state index is 0.157. The van der Waals surface area contributed by atoms with E-state index in [-0.39, 0.29) is 29.8 Å². The van der Waals surface area contributed by atoms with Gasteiger partial charge in [-0.2, -0.15) is 15.3 Å². The van der Waals surface area contributed by atoms with E-state index in [4.69, 9.17) is 96.5 Å². The fourth-order valence-electron chi connectivity index (χ4n) is 13.6. The van der Waals surface area contributed by atoms with Crippen LogP contribution in [0.15, 0.2) is 179 Å². The summed E-state index contributed by atoms with van der Waals surface area (Å²) in [6, 6.07) is 51.3. The predicted octanol–water partition coefficient (Wildman–Crippen LogP) is 22.9. The van der Waals surface area contributed by atoms with Crippen molar-refractivity contribution in [2.45, 2.75) is 103 Å². The number of halogens is 9. The second-order valence-electron chi connectivity index (χ2n) is 25.9. The summed E-state index contributed by atoms with van der Waals surface area (Å²) in [7, 11) is 0. The maximum atomic E-state index is 13.5. The first-order chi connectivity index (χ1) is 50.8. The van der Waals surface area contributed by atoms with Crippen LogP contribution in [0.25, 0.3) is 52.0 Å². The molecule has 0 radical (unpaired) electrons. The number of rotatable bonds is 14. The van der Waals surface area contributed by atoms with Crippen LogP contribution >= 0.6 is 124 Å². The van der Waals surface area contributed by atoms with Crippen molar-refractivity contribution in [2.24, 2.45) is 0 Å². The Morgan fingerprint density at radius 1 is 0.457 bits per heavy atom. The van der Waals surface area contributed by atoms with Gasteiger partial charge in [0.05, 0.1) is 71.3 Å². The van der Waals surface area contributed by atoms with E-state index in [2.05, 4.69) is 95.4 Å². The number of carbonyl (C=O) groups is 3. The first-order valence-corrected chi connectivity index (χ1v) is 39.6. The summed E-state index contributed by atoms with van der Waals surface area (Å²) in [5.74, 6) is -0.605. The molecular weight excluding hydrogens is 1620 g/mol. The number of benzene rings is 6. The quantitative estimate of drug-likeness (QED) is 0.0971. The van der Waals surface area contributed by atoms with Crippen LogP contribution in [0.1, 0.15) is 176 Å². The molecule has 1 aliphatic heterocycles. The lowest BCUT2D eigenvalue weighted by atomic mass is 9.89. The molecular formula is C81H70Br2Cl7N11O3S. The van der Waals surface area contributed by atoms with Crippen molar-refractivity contribution in [2.75, 3.05) is 13.1 Å². The highest BCUT2D eigenvalue weighted by Crippen LogP contribution is 2.43. The number of thiophene rings is 1. The Kier molecular flexibility index (Phi) is 24.9. The molecule has 14 nitrogen and oxygen atoms in total. The molecule has 1 saturated heterocycles. The third-order valence-electron chi connectivity index (χ3n) is 18.6. The lowest BCUT2D eigenvalue weighted by molar-refractivity contribution is 0.0742. The van der Waals surface area contributed by atoms with Crippen molar-refractivity contribution in [3.05, 3.63) is 292 Å². The lowest BCUT2D eigenvalue weighted by Gasteiger charge is -2.26. The van der Waals surface area contributed by atoms with Gasteiger partial charge in [0.15, 0.2) is 17.1 Å². The number of carbonyl (C=O) groups excluding carboxylic acids is 3. The summed E-state index contributed by atoms with van der Waals surface area (Å²) in [6.45, 7) is 5.62. The number of allylic oxidation sites excluding steroid dienone is 3. The molecule has 3 amide bonds. The van der Waals surface area contributed by atoms with Crippen LogP contribution in [-0.2, 0) is 19.3 Å². The number of fused-ring (bicyclic) bond motifs is 3. The molecule has 1 fully saturated rings. The van der Waals surface area contributed by atoms with Crippen LogP contribution in [0.3, 0.4) is 0 Å². The van der Waals surface area contributed by atoms with Gasteiger partial charge in [0.2, 0.25) is 0 Å². The van der Waals surface area contributed by atoms with Gasteiger partial charge < -0.3 is 10.6 Å². The average Bonchev–Trinajstić information content (AvgIpc) is 1.64. The summed E-state index contributed by atoms with van der Waals surface area (Å²) < 4.78 is 8.19. The molecule has 0 bridgehead atoms. The van der Waals surface area contributed by atoms with Crippen LogP contribution in [-0.4, -0.2) is 70.1 Å². The number of hydrazine groups is 1. The van der Waals surface area contributed by atoms with Crippen molar-refractivity contribution in [1.29, 1.82) is 0 Å². The van der Waals surface area contributed by atoms with E-state index in [0.717, 1.165) is 175 Å². The molecule has 2 atom stereocenters. The number of amides is 3. The van der Waals surface area contributed by atoms with E-state index in [1.165, 1.54) is 17.8 Å². The molecule has 105 heavy (non-hydrogen) atoms. The van der Waals surface area contributed by atoms with Gasteiger partial charge in [-0.1, -0.05) is 180 Å². The number of hydrogen-bond donors (Lipinski definition) is 3. The van der Waals surface area contributed by atoms with Crippen molar-refractivity contribution in [3.8, 4) is 17.1 Å². The number of piperidine rings is 1. The Bertz CT molecular complexity index is 5130. The fraction of sp³-hybridized carbons (Fsp3) is 0.222. The minimum Gasteiger partial charge on any atom is -0.344 e. The van der Waals surface area contributed by atoms with Gasteiger partial charge in [0, 0.05) is 64.9 Å². The topological polar surface area (TPSA) is 157 Å². The van der Waals surface area contributed by atoms with Crippen molar-refractivity contribution in [1.82, 2.24) is 55.4 Å². The smallest absolute Gasteiger partial charge is 0.286 e.